The largest absolute Gasteiger partial charge is 0.479 e. The Labute approximate surface area is 146 Å². The number of benzene rings is 1. The van der Waals surface area contributed by atoms with Crippen LogP contribution < -0.4 is 4.74 Å². The van der Waals surface area contributed by atoms with E-state index < -0.39 is 19.7 Å². The van der Waals surface area contributed by atoms with Gasteiger partial charge in [0.1, 0.15) is 5.75 Å². The van der Waals surface area contributed by atoms with Crippen LogP contribution in [-0.4, -0.2) is 30.7 Å². The highest BCUT2D eigenvalue weighted by atomic mass is 35.5. The molecule has 0 bridgehead atoms. The van der Waals surface area contributed by atoms with Gasteiger partial charge in [-0.05, 0) is 52.0 Å². The molecule has 1 unspecified atom stereocenters. The number of halogens is 1. The maximum Gasteiger partial charge on any atom is 0.378 e. The van der Waals surface area contributed by atoms with Crippen LogP contribution in [0, 0.1) is 0 Å². The second-order valence-electron chi connectivity index (χ2n) is 4.60. The quantitative estimate of drug-likeness (QED) is 0.277. The van der Waals surface area contributed by atoms with Crippen LogP contribution in [0.5, 0.6) is 5.75 Å². The molecule has 0 aliphatic carbocycles. The molecule has 0 radical (unpaired) electrons. The molecule has 0 aliphatic heterocycles. The van der Waals surface area contributed by atoms with Crippen LogP contribution in [0.2, 0.25) is 5.02 Å². The van der Waals surface area contributed by atoms with Gasteiger partial charge >= 0.3 is 13.6 Å². The van der Waals surface area contributed by atoms with E-state index in [0.29, 0.717) is 10.8 Å². The van der Waals surface area contributed by atoms with Crippen molar-refractivity contribution in [2.45, 2.75) is 33.8 Å². The van der Waals surface area contributed by atoms with Crippen molar-refractivity contribution in [3.05, 3.63) is 29.3 Å². The molecule has 1 aromatic carbocycles. The molecule has 9 heteroatoms. The summed E-state index contributed by atoms with van der Waals surface area (Å²) >= 11 is 5.77. The van der Waals surface area contributed by atoms with Crippen LogP contribution in [0.1, 0.15) is 27.7 Å². The zero-order valence-corrected chi connectivity index (χ0v) is 15.7. The first-order valence-electron chi connectivity index (χ1n) is 7.39. The number of carbonyl (C=O) groups excluding carboxylic acids is 1. The average molecular weight is 378 g/mol. The molecule has 1 atom stereocenters. The summed E-state index contributed by atoms with van der Waals surface area (Å²) in [6.07, 6.45) is -0.915. The van der Waals surface area contributed by atoms with Crippen molar-refractivity contribution in [2.24, 2.45) is 5.16 Å². The van der Waals surface area contributed by atoms with E-state index >= 15 is 0 Å². The number of nitrogens with zero attached hydrogens (tertiary/aromatic N) is 1. The molecule has 134 valence electrons. The van der Waals surface area contributed by atoms with Gasteiger partial charge in [-0.25, -0.2) is 4.79 Å². The molecule has 0 heterocycles. The maximum absolute atomic E-state index is 12.4. The van der Waals surface area contributed by atoms with Gasteiger partial charge in [0, 0.05) is 5.02 Å². The number of ether oxygens (including phenoxy) is 1. The second kappa shape index (κ2) is 9.79. The topological polar surface area (TPSA) is 83.4 Å². The van der Waals surface area contributed by atoms with Gasteiger partial charge < -0.3 is 18.6 Å². The fourth-order valence-corrected chi connectivity index (χ4v) is 2.96. The highest BCUT2D eigenvalue weighted by Crippen LogP contribution is 2.49. The van der Waals surface area contributed by atoms with E-state index in [2.05, 4.69) is 5.16 Å². The Balaban J connectivity index is 2.68. The van der Waals surface area contributed by atoms with Crippen molar-refractivity contribution in [1.82, 2.24) is 0 Å². The van der Waals surface area contributed by atoms with E-state index in [0.717, 1.165) is 0 Å². The zero-order chi connectivity index (χ0) is 18.2. The lowest BCUT2D eigenvalue weighted by Gasteiger charge is -2.16. The smallest absolute Gasteiger partial charge is 0.378 e. The first-order valence-corrected chi connectivity index (χ1v) is 9.31. The predicted octanol–water partition coefficient (Wildman–Crippen LogP) is 4.25. The van der Waals surface area contributed by atoms with Gasteiger partial charge in [0.15, 0.2) is 11.6 Å². The van der Waals surface area contributed by atoms with Crippen LogP contribution >= 0.6 is 19.2 Å². The van der Waals surface area contributed by atoms with Gasteiger partial charge in [0.05, 0.1) is 13.2 Å². The third kappa shape index (κ3) is 6.24. The molecular weight excluding hydrogens is 357 g/mol. The molecule has 0 aromatic heterocycles. The minimum absolute atomic E-state index is 0.0433. The third-order valence-corrected chi connectivity index (χ3v) is 5.04. The van der Waals surface area contributed by atoms with Crippen molar-refractivity contribution < 1.29 is 28.0 Å². The molecule has 0 saturated heterocycles. The molecule has 0 aliphatic rings. The van der Waals surface area contributed by atoms with Crippen LogP contribution in [0.3, 0.4) is 0 Å². The number of hydrogen-bond acceptors (Lipinski definition) is 7. The van der Waals surface area contributed by atoms with E-state index in [9.17, 15) is 9.36 Å². The summed E-state index contributed by atoms with van der Waals surface area (Å²) < 4.78 is 28.0. The molecule has 0 amide bonds. The summed E-state index contributed by atoms with van der Waals surface area (Å²) in [7, 11) is -3.55. The summed E-state index contributed by atoms with van der Waals surface area (Å²) in [5.41, 5.74) is -0.0433. The van der Waals surface area contributed by atoms with Crippen LogP contribution in [-0.2, 0) is 23.2 Å². The van der Waals surface area contributed by atoms with Crippen molar-refractivity contribution in [3.63, 3.8) is 0 Å². The zero-order valence-electron chi connectivity index (χ0n) is 14.0. The third-order valence-electron chi connectivity index (χ3n) is 2.72. The van der Waals surface area contributed by atoms with Crippen LogP contribution in [0.4, 0.5) is 0 Å². The maximum atomic E-state index is 12.4. The predicted molar refractivity (Wildman–Crippen MR) is 91.6 cm³/mol. The Kier molecular flexibility index (Phi) is 8.42. The van der Waals surface area contributed by atoms with Crippen molar-refractivity contribution >= 4 is 30.6 Å². The van der Waals surface area contributed by atoms with E-state index in [4.69, 9.17) is 30.2 Å². The van der Waals surface area contributed by atoms with Crippen molar-refractivity contribution in [3.8, 4) is 5.75 Å². The monoisotopic (exact) mass is 377 g/mol. The lowest BCUT2D eigenvalue weighted by molar-refractivity contribution is -0.151. The highest BCUT2D eigenvalue weighted by Gasteiger charge is 2.29. The average Bonchev–Trinajstić information content (AvgIpc) is 2.54. The van der Waals surface area contributed by atoms with Gasteiger partial charge in [-0.2, -0.15) is 0 Å². The van der Waals surface area contributed by atoms with Gasteiger partial charge in [-0.1, -0.05) is 16.8 Å². The van der Waals surface area contributed by atoms with Crippen molar-refractivity contribution in [2.75, 3.05) is 13.2 Å². The molecule has 1 rings (SSSR count). The molecule has 7 nitrogen and oxygen atoms in total. The van der Waals surface area contributed by atoms with Gasteiger partial charge in [-0.15, -0.1) is 0 Å². The Morgan fingerprint density at radius 3 is 2.25 bits per heavy atom. The fourth-order valence-electron chi connectivity index (χ4n) is 1.56. The Hall–Kier alpha value is -1.40. The lowest BCUT2D eigenvalue weighted by Crippen LogP contribution is -2.25. The number of carbonyl (C=O) groups is 1. The summed E-state index contributed by atoms with van der Waals surface area (Å²) in [6, 6.07) is 6.52. The molecule has 0 saturated carbocycles. The summed E-state index contributed by atoms with van der Waals surface area (Å²) in [5.74, 6) is -0.289. The Bertz CT molecular complexity index is 609. The molecule has 0 spiro atoms. The van der Waals surface area contributed by atoms with Gasteiger partial charge in [0.25, 0.3) is 0 Å². The van der Waals surface area contributed by atoms with Gasteiger partial charge in [0.2, 0.25) is 0 Å². The minimum Gasteiger partial charge on any atom is -0.479 e. The van der Waals surface area contributed by atoms with E-state index in [1.54, 1.807) is 38.1 Å². The highest BCUT2D eigenvalue weighted by molar-refractivity contribution is 7.72. The summed E-state index contributed by atoms with van der Waals surface area (Å²) in [6.45, 7) is 6.61. The first-order chi connectivity index (χ1) is 11.3. The Morgan fingerprint density at radius 2 is 1.75 bits per heavy atom. The lowest BCUT2D eigenvalue weighted by atomic mass is 10.3. The first kappa shape index (κ1) is 20.6. The number of oxime groups is 1. The molecule has 0 N–H and O–H groups in total. The summed E-state index contributed by atoms with van der Waals surface area (Å²) in [5, 5.41) is 4.12. The molecule has 1 aromatic rings. The fraction of sp³-hybridized carbons (Fsp3) is 0.467. The molecule has 0 fully saturated rings. The normalized spacial score (nSPS) is 13.5. The molecular formula is C15H21ClNO6P. The summed E-state index contributed by atoms with van der Waals surface area (Å²) in [4.78, 5) is 16.7. The number of hydrogen-bond donors (Lipinski definition) is 0. The van der Waals surface area contributed by atoms with Crippen LogP contribution in [0.25, 0.3) is 0 Å². The van der Waals surface area contributed by atoms with E-state index in [1.165, 1.54) is 13.8 Å². The second-order valence-corrected chi connectivity index (χ2v) is 7.19. The molecule has 24 heavy (non-hydrogen) atoms. The van der Waals surface area contributed by atoms with E-state index in [1.807, 2.05) is 0 Å². The van der Waals surface area contributed by atoms with Crippen LogP contribution in [0.15, 0.2) is 29.4 Å². The van der Waals surface area contributed by atoms with Gasteiger partial charge in [-0.3, -0.25) is 4.57 Å². The SMILES string of the molecule is CCOP(=O)(OCC)C(C)=NOC(=O)C(C)Oc1ccc(Cl)cc1. The minimum atomic E-state index is -3.55. The number of rotatable bonds is 9. The van der Waals surface area contributed by atoms with Crippen molar-refractivity contribution in [1.29, 1.82) is 0 Å². The standard InChI is InChI=1S/C15H21ClNO6P/c1-5-20-24(19,21-6-2)12(4)17-23-15(18)11(3)22-14-9-7-13(16)8-10-14/h7-11H,5-6H2,1-4H3. The van der Waals surface area contributed by atoms with E-state index in [-0.39, 0.29) is 18.7 Å². The Morgan fingerprint density at radius 1 is 1.21 bits per heavy atom.